The van der Waals surface area contributed by atoms with Crippen LogP contribution in [0.2, 0.25) is 0 Å². The number of carbonyl (C=O) groups excluding carboxylic acids is 2. The molecular weight excluding hydrogens is 592 g/mol. The van der Waals surface area contributed by atoms with Crippen molar-refractivity contribution in [1.29, 1.82) is 0 Å². The molecule has 1 aliphatic rings. The maximum Gasteiger partial charge on any atom is 0.305 e. The van der Waals surface area contributed by atoms with Gasteiger partial charge in [-0.2, -0.15) is 0 Å². The summed E-state index contributed by atoms with van der Waals surface area (Å²) in [7, 11) is 2.03. The number of nitrogen functional groups attached to an aromatic ring is 1. The van der Waals surface area contributed by atoms with Crippen molar-refractivity contribution in [3.63, 3.8) is 0 Å². The summed E-state index contributed by atoms with van der Waals surface area (Å²) >= 11 is 0. The number of benzene rings is 2. The van der Waals surface area contributed by atoms with Crippen molar-refractivity contribution in [2.45, 2.75) is 38.2 Å². The second-order valence-electron chi connectivity index (χ2n) is 10.5. The fourth-order valence-corrected chi connectivity index (χ4v) is 4.73. The van der Waals surface area contributed by atoms with E-state index >= 15 is 0 Å². The van der Waals surface area contributed by atoms with Crippen molar-refractivity contribution in [2.24, 2.45) is 0 Å². The molecule has 2 unspecified atom stereocenters. The van der Waals surface area contributed by atoms with Crippen molar-refractivity contribution < 1.29 is 34.1 Å². The molecule has 0 saturated carbocycles. The SMILES string of the molecule is CN1CC(OCC(=O)NCCC(=O)O)CC1CNc1ccccn1.Nc1[nH]c2ccccc2c1CO.O=COCc1ccccc1. The molecule has 13 heteroatoms. The fraction of sp³-hybridized carbons (Fsp3) is 0.333. The van der Waals surface area contributed by atoms with Crippen molar-refractivity contribution in [3.8, 4) is 0 Å². The van der Waals surface area contributed by atoms with Gasteiger partial charge >= 0.3 is 5.97 Å². The van der Waals surface area contributed by atoms with Crippen LogP contribution < -0.4 is 16.4 Å². The van der Waals surface area contributed by atoms with Crippen LogP contribution in [0.4, 0.5) is 11.6 Å². The number of aromatic amines is 1. The molecule has 1 saturated heterocycles. The van der Waals surface area contributed by atoms with Gasteiger partial charge in [-0.25, -0.2) is 4.98 Å². The highest BCUT2D eigenvalue weighted by Crippen LogP contribution is 2.23. The number of para-hydroxylation sites is 1. The van der Waals surface area contributed by atoms with Crippen molar-refractivity contribution >= 4 is 40.9 Å². The van der Waals surface area contributed by atoms with E-state index in [2.05, 4.69) is 30.2 Å². The number of hydrogen-bond donors (Lipinski definition) is 6. The second kappa shape index (κ2) is 19.4. The molecule has 246 valence electrons. The van der Waals surface area contributed by atoms with Crippen LogP contribution in [0, 0.1) is 0 Å². The minimum atomic E-state index is -0.933. The van der Waals surface area contributed by atoms with Crippen LogP contribution in [-0.2, 0) is 37.1 Å². The number of pyridine rings is 1. The van der Waals surface area contributed by atoms with Crippen LogP contribution >= 0.6 is 0 Å². The highest BCUT2D eigenvalue weighted by atomic mass is 16.5. The van der Waals surface area contributed by atoms with Crippen LogP contribution in [0.1, 0.15) is 24.0 Å². The number of aliphatic hydroxyl groups excluding tert-OH is 1. The first-order chi connectivity index (χ1) is 22.3. The molecule has 0 bridgehead atoms. The highest BCUT2D eigenvalue weighted by Gasteiger charge is 2.30. The summed E-state index contributed by atoms with van der Waals surface area (Å²) in [6, 6.07) is 23.3. The maximum atomic E-state index is 11.6. The number of ether oxygens (including phenoxy) is 2. The zero-order valence-electron chi connectivity index (χ0n) is 25.8. The van der Waals surface area contributed by atoms with Gasteiger partial charge in [0.2, 0.25) is 5.91 Å². The van der Waals surface area contributed by atoms with Gasteiger partial charge in [-0.15, -0.1) is 0 Å². The monoisotopic (exact) mass is 634 g/mol. The van der Waals surface area contributed by atoms with Crippen molar-refractivity contribution in [1.82, 2.24) is 20.2 Å². The molecule has 7 N–H and O–H groups in total. The Morgan fingerprint density at radius 1 is 1.11 bits per heavy atom. The number of aliphatic carboxylic acids is 1. The summed E-state index contributed by atoms with van der Waals surface area (Å²) in [4.78, 5) is 41.2. The summed E-state index contributed by atoms with van der Waals surface area (Å²) < 4.78 is 10.2. The number of H-pyrrole nitrogens is 1. The number of nitrogens with one attached hydrogen (secondary N) is 3. The molecule has 1 aliphatic heterocycles. The Kier molecular flexibility index (Phi) is 15.0. The van der Waals surface area contributed by atoms with E-state index in [0.29, 0.717) is 24.9 Å². The van der Waals surface area contributed by atoms with E-state index in [1.165, 1.54) is 0 Å². The summed E-state index contributed by atoms with van der Waals surface area (Å²) in [6.45, 7) is 2.40. The number of hydrogen-bond acceptors (Lipinski definition) is 10. The Labute approximate surface area is 267 Å². The standard InChI is InChI=1S/C16H24N4O4.C9H10N2O.C8H8O2/c1-20-10-13(24-11-15(21)18-7-5-16(22)23)8-12(20)9-19-14-4-2-3-6-17-14;10-9-7(5-12)6-3-1-2-4-8(6)11-9;9-7-10-6-8-4-2-1-3-5-8/h2-4,6,12-13H,5,7-11H2,1H3,(H,17,19)(H,18,21)(H,22,23);1-4,11-12H,5,10H2;1-5,7H,6H2. The lowest BCUT2D eigenvalue weighted by atomic mass is 10.2. The van der Waals surface area contributed by atoms with E-state index in [9.17, 15) is 14.4 Å². The topological polar surface area (TPSA) is 192 Å². The number of nitrogens with zero attached hydrogens (tertiary/aromatic N) is 2. The number of amides is 1. The third-order valence-electron chi connectivity index (χ3n) is 7.11. The number of likely N-dealkylation sites (tertiary alicyclic amines) is 1. The van der Waals surface area contributed by atoms with E-state index in [1.54, 1.807) is 6.20 Å². The third kappa shape index (κ3) is 12.2. The molecule has 0 aliphatic carbocycles. The Bertz CT molecular complexity index is 1490. The molecule has 5 rings (SSSR count). The minimum Gasteiger partial charge on any atom is -0.481 e. The molecule has 2 atom stereocenters. The number of fused-ring (bicyclic) bond motifs is 1. The molecular formula is C33H42N6O7. The Morgan fingerprint density at radius 2 is 1.85 bits per heavy atom. The molecule has 1 amide bonds. The summed E-state index contributed by atoms with van der Waals surface area (Å²) in [5.74, 6) is 0.178. The van der Waals surface area contributed by atoms with Gasteiger partial charge in [0, 0.05) is 48.3 Å². The quantitative estimate of drug-likeness (QED) is 0.119. The number of nitrogens with two attached hydrogens (primary N) is 1. The van der Waals surface area contributed by atoms with Gasteiger partial charge in [0.05, 0.1) is 19.1 Å². The molecule has 13 nitrogen and oxygen atoms in total. The molecule has 46 heavy (non-hydrogen) atoms. The first-order valence-corrected chi connectivity index (χ1v) is 14.8. The smallest absolute Gasteiger partial charge is 0.305 e. The van der Waals surface area contributed by atoms with Gasteiger partial charge in [-0.05, 0) is 37.2 Å². The fourth-order valence-electron chi connectivity index (χ4n) is 4.73. The molecule has 2 aromatic heterocycles. The molecule has 0 radical (unpaired) electrons. The molecule has 1 fully saturated rings. The largest absolute Gasteiger partial charge is 0.481 e. The van der Waals surface area contributed by atoms with Crippen LogP contribution in [0.25, 0.3) is 10.9 Å². The number of carbonyl (C=O) groups is 3. The van der Waals surface area contributed by atoms with E-state index in [4.69, 9.17) is 20.7 Å². The second-order valence-corrected chi connectivity index (χ2v) is 10.5. The van der Waals surface area contributed by atoms with Crippen LogP contribution in [0.3, 0.4) is 0 Å². The van der Waals surface area contributed by atoms with Crippen LogP contribution in [-0.4, -0.2) is 88.9 Å². The zero-order chi connectivity index (χ0) is 33.1. The summed E-state index contributed by atoms with van der Waals surface area (Å²) in [5, 5.41) is 24.4. The maximum absolute atomic E-state index is 11.6. The van der Waals surface area contributed by atoms with Crippen molar-refractivity contribution in [2.75, 3.05) is 44.3 Å². The first-order valence-electron chi connectivity index (χ1n) is 14.8. The number of anilines is 2. The average Bonchev–Trinajstić information content (AvgIpc) is 3.60. The molecule has 2 aromatic carbocycles. The van der Waals surface area contributed by atoms with Gasteiger partial charge in [0.1, 0.15) is 24.8 Å². The Balaban J connectivity index is 0.000000216. The third-order valence-corrected chi connectivity index (χ3v) is 7.11. The number of carboxylic acids is 1. The summed E-state index contributed by atoms with van der Waals surface area (Å²) in [5.41, 5.74) is 8.41. The Morgan fingerprint density at radius 3 is 2.54 bits per heavy atom. The van der Waals surface area contributed by atoms with Crippen molar-refractivity contribution in [3.05, 3.63) is 90.1 Å². The van der Waals surface area contributed by atoms with Gasteiger partial charge in [-0.1, -0.05) is 54.6 Å². The van der Waals surface area contributed by atoms with E-state index in [1.807, 2.05) is 79.8 Å². The number of aromatic nitrogens is 2. The first kappa shape index (κ1) is 35.5. The lowest BCUT2D eigenvalue weighted by Gasteiger charge is -2.19. The van der Waals surface area contributed by atoms with Gasteiger partial charge in [0.25, 0.3) is 6.47 Å². The predicted molar refractivity (Wildman–Crippen MR) is 175 cm³/mol. The van der Waals surface area contributed by atoms with Gasteiger partial charge in [-0.3, -0.25) is 19.3 Å². The van der Waals surface area contributed by atoms with Crippen LogP contribution in [0.5, 0.6) is 0 Å². The molecule has 0 spiro atoms. The normalized spacial score (nSPS) is 15.5. The molecule has 3 heterocycles. The van der Waals surface area contributed by atoms with Gasteiger partial charge in [0.15, 0.2) is 0 Å². The zero-order valence-corrected chi connectivity index (χ0v) is 25.8. The minimum absolute atomic E-state index is 0.00393. The van der Waals surface area contributed by atoms with E-state index in [-0.39, 0.29) is 38.2 Å². The number of likely N-dealkylation sites (N-methyl/N-ethyl adjacent to an activating group) is 1. The number of rotatable bonds is 13. The average molecular weight is 635 g/mol. The van der Waals surface area contributed by atoms with E-state index < -0.39 is 5.97 Å². The highest BCUT2D eigenvalue weighted by molar-refractivity contribution is 5.87. The van der Waals surface area contributed by atoms with Crippen LogP contribution in [0.15, 0.2) is 79.0 Å². The lowest BCUT2D eigenvalue weighted by molar-refractivity contribution is -0.137. The van der Waals surface area contributed by atoms with Gasteiger partial charge < -0.3 is 41.0 Å². The lowest BCUT2D eigenvalue weighted by Crippen LogP contribution is -2.32. The van der Waals surface area contributed by atoms with E-state index in [0.717, 1.165) is 47.4 Å². The Hall–Kier alpha value is -4.98. The molecule has 4 aromatic rings. The number of carboxylic acid groups (broad SMARTS) is 1. The summed E-state index contributed by atoms with van der Waals surface area (Å²) in [6.07, 6.45) is 2.49. The predicted octanol–water partition coefficient (Wildman–Crippen LogP) is 2.78. The number of aliphatic hydroxyl groups is 1.